The van der Waals surface area contributed by atoms with Crippen molar-refractivity contribution in [1.82, 2.24) is 20.4 Å². The van der Waals surface area contributed by atoms with Crippen LogP contribution in [0.1, 0.15) is 11.3 Å². The number of urea groups is 1. The molecule has 31 heavy (non-hydrogen) atoms. The number of carbonyl (C=O) groups is 2. The molecule has 0 spiro atoms. The minimum Gasteiger partial charge on any atom is -0.467 e. The van der Waals surface area contributed by atoms with Crippen molar-refractivity contribution >= 4 is 11.9 Å². The second-order valence-corrected chi connectivity index (χ2v) is 7.05. The minimum atomic E-state index is -4.70. The second kappa shape index (κ2) is 10.3. The number of amides is 3. The van der Waals surface area contributed by atoms with E-state index in [2.05, 4.69) is 20.3 Å². The van der Waals surface area contributed by atoms with Gasteiger partial charge in [0.2, 0.25) is 5.91 Å². The number of nitrogens with one attached hydrogen (secondary N) is 2. The SMILES string of the molecule is O=C(CN1CCN(Cc2ccc(OC(F)(F)F)cc2)CC1)NC(=O)NCc1ccco1. The Labute approximate surface area is 176 Å². The van der Waals surface area contributed by atoms with Crippen LogP contribution in [0.3, 0.4) is 0 Å². The molecule has 0 unspecified atom stereocenters. The zero-order valence-electron chi connectivity index (χ0n) is 16.7. The van der Waals surface area contributed by atoms with E-state index in [0.29, 0.717) is 38.5 Å². The van der Waals surface area contributed by atoms with E-state index in [1.165, 1.54) is 18.4 Å². The van der Waals surface area contributed by atoms with Gasteiger partial charge in [0, 0.05) is 32.7 Å². The zero-order chi connectivity index (χ0) is 22.3. The summed E-state index contributed by atoms with van der Waals surface area (Å²) in [6, 6.07) is 8.62. The number of benzene rings is 1. The van der Waals surface area contributed by atoms with Crippen molar-refractivity contribution in [3.63, 3.8) is 0 Å². The molecule has 168 valence electrons. The van der Waals surface area contributed by atoms with Crippen LogP contribution >= 0.6 is 0 Å². The lowest BCUT2D eigenvalue weighted by atomic mass is 10.2. The van der Waals surface area contributed by atoms with Gasteiger partial charge in [-0.1, -0.05) is 12.1 Å². The number of hydrogen-bond acceptors (Lipinski definition) is 6. The summed E-state index contributed by atoms with van der Waals surface area (Å²) in [5.41, 5.74) is 0.869. The number of alkyl halides is 3. The normalized spacial score (nSPS) is 15.5. The van der Waals surface area contributed by atoms with Crippen molar-refractivity contribution < 1.29 is 31.9 Å². The highest BCUT2D eigenvalue weighted by Crippen LogP contribution is 2.23. The smallest absolute Gasteiger partial charge is 0.467 e. The average molecular weight is 440 g/mol. The van der Waals surface area contributed by atoms with Gasteiger partial charge in [0.1, 0.15) is 11.5 Å². The van der Waals surface area contributed by atoms with Gasteiger partial charge in [0.25, 0.3) is 0 Å². The lowest BCUT2D eigenvalue weighted by Gasteiger charge is -2.34. The topological polar surface area (TPSA) is 87.0 Å². The van der Waals surface area contributed by atoms with Crippen molar-refractivity contribution in [1.29, 1.82) is 0 Å². The van der Waals surface area contributed by atoms with Crippen LogP contribution in [0.5, 0.6) is 5.75 Å². The molecule has 2 aromatic rings. The number of imide groups is 1. The van der Waals surface area contributed by atoms with Crippen LogP contribution in [0, 0.1) is 0 Å². The molecule has 8 nitrogen and oxygen atoms in total. The van der Waals surface area contributed by atoms with Gasteiger partial charge in [-0.25, -0.2) is 4.79 Å². The molecule has 0 atom stereocenters. The third-order valence-electron chi connectivity index (χ3n) is 4.65. The highest BCUT2D eigenvalue weighted by molar-refractivity contribution is 5.95. The summed E-state index contributed by atoms with van der Waals surface area (Å²) in [5.74, 6) is -0.0628. The Morgan fingerprint density at radius 3 is 2.32 bits per heavy atom. The fourth-order valence-corrected chi connectivity index (χ4v) is 3.15. The van der Waals surface area contributed by atoms with Crippen molar-refractivity contribution in [3.05, 3.63) is 54.0 Å². The molecule has 2 N–H and O–H groups in total. The largest absolute Gasteiger partial charge is 0.573 e. The zero-order valence-corrected chi connectivity index (χ0v) is 16.7. The van der Waals surface area contributed by atoms with Crippen LogP contribution in [0.2, 0.25) is 0 Å². The molecule has 1 fully saturated rings. The van der Waals surface area contributed by atoms with Gasteiger partial charge in [-0.05, 0) is 29.8 Å². The number of ether oxygens (including phenoxy) is 1. The van der Waals surface area contributed by atoms with E-state index in [4.69, 9.17) is 4.42 Å². The van der Waals surface area contributed by atoms with Crippen LogP contribution in [0.4, 0.5) is 18.0 Å². The standard InChI is InChI=1S/C20H23F3N4O4/c21-20(22,23)31-16-5-3-15(4-6-16)13-26-7-9-27(10-8-26)14-18(28)25-19(29)24-12-17-2-1-11-30-17/h1-6,11H,7-10,12-14H2,(H2,24,25,28,29). The van der Waals surface area contributed by atoms with Crippen LogP contribution in [-0.4, -0.2) is 60.8 Å². The summed E-state index contributed by atoms with van der Waals surface area (Å²) < 4.78 is 45.6. The van der Waals surface area contributed by atoms with E-state index in [-0.39, 0.29) is 18.8 Å². The van der Waals surface area contributed by atoms with Crippen molar-refractivity contribution in [2.75, 3.05) is 32.7 Å². The summed E-state index contributed by atoms with van der Waals surface area (Å²) >= 11 is 0. The number of nitrogens with zero attached hydrogens (tertiary/aromatic N) is 2. The first kappa shape index (κ1) is 22.6. The molecule has 0 bridgehead atoms. The Hall–Kier alpha value is -3.05. The Balaban J connectivity index is 1.34. The van der Waals surface area contributed by atoms with Gasteiger partial charge in [-0.15, -0.1) is 13.2 Å². The van der Waals surface area contributed by atoms with Gasteiger partial charge < -0.3 is 14.5 Å². The van der Waals surface area contributed by atoms with Gasteiger partial charge >= 0.3 is 12.4 Å². The lowest BCUT2D eigenvalue weighted by Crippen LogP contribution is -2.50. The van der Waals surface area contributed by atoms with E-state index in [1.54, 1.807) is 24.3 Å². The van der Waals surface area contributed by atoms with Crippen LogP contribution in [0.15, 0.2) is 47.1 Å². The van der Waals surface area contributed by atoms with Gasteiger partial charge in [-0.3, -0.25) is 19.9 Å². The molecule has 1 aliphatic heterocycles. The molecule has 1 saturated heterocycles. The Morgan fingerprint density at radius 2 is 1.71 bits per heavy atom. The molecule has 1 aliphatic rings. The van der Waals surface area contributed by atoms with E-state index in [0.717, 1.165) is 5.56 Å². The summed E-state index contributed by atoms with van der Waals surface area (Å²) in [6.45, 7) is 3.53. The van der Waals surface area contributed by atoms with Crippen molar-refractivity contribution in [3.8, 4) is 5.75 Å². The molecule has 0 aliphatic carbocycles. The summed E-state index contributed by atoms with van der Waals surface area (Å²) in [4.78, 5) is 27.9. The average Bonchev–Trinajstić information content (AvgIpc) is 3.22. The maximum Gasteiger partial charge on any atom is 0.573 e. The molecule has 11 heteroatoms. The first-order valence-corrected chi connectivity index (χ1v) is 9.66. The van der Waals surface area contributed by atoms with E-state index in [9.17, 15) is 22.8 Å². The maximum atomic E-state index is 12.2. The van der Waals surface area contributed by atoms with Crippen LogP contribution < -0.4 is 15.4 Å². The van der Waals surface area contributed by atoms with Crippen LogP contribution in [0.25, 0.3) is 0 Å². The van der Waals surface area contributed by atoms with Crippen molar-refractivity contribution in [2.24, 2.45) is 0 Å². The number of rotatable bonds is 7. The fourth-order valence-electron chi connectivity index (χ4n) is 3.15. The first-order valence-electron chi connectivity index (χ1n) is 9.66. The lowest BCUT2D eigenvalue weighted by molar-refractivity contribution is -0.274. The quantitative estimate of drug-likeness (QED) is 0.687. The molecule has 0 saturated carbocycles. The Kier molecular flexibility index (Phi) is 7.53. The summed E-state index contributed by atoms with van der Waals surface area (Å²) in [7, 11) is 0. The van der Waals surface area contributed by atoms with E-state index >= 15 is 0 Å². The van der Waals surface area contributed by atoms with E-state index < -0.39 is 18.3 Å². The van der Waals surface area contributed by atoms with Crippen LogP contribution in [-0.2, 0) is 17.9 Å². The number of piperazine rings is 1. The number of furan rings is 1. The highest BCUT2D eigenvalue weighted by Gasteiger charge is 2.31. The molecular weight excluding hydrogens is 417 g/mol. The fraction of sp³-hybridized carbons (Fsp3) is 0.400. The molecular formula is C20H23F3N4O4. The van der Waals surface area contributed by atoms with Gasteiger partial charge in [-0.2, -0.15) is 0 Å². The first-order chi connectivity index (χ1) is 14.8. The molecule has 2 heterocycles. The predicted octanol–water partition coefficient (Wildman–Crippen LogP) is 2.32. The second-order valence-electron chi connectivity index (χ2n) is 7.05. The molecule has 3 rings (SSSR count). The summed E-state index contributed by atoms with van der Waals surface area (Å²) in [5, 5.41) is 4.83. The molecule has 1 aromatic heterocycles. The molecule has 0 radical (unpaired) electrons. The maximum absolute atomic E-state index is 12.2. The summed E-state index contributed by atoms with van der Waals surface area (Å²) in [6.07, 6.45) is -3.21. The number of hydrogen-bond donors (Lipinski definition) is 2. The molecule has 3 amide bonds. The number of halogens is 3. The van der Waals surface area contributed by atoms with Gasteiger partial charge in [0.15, 0.2) is 0 Å². The van der Waals surface area contributed by atoms with Crippen molar-refractivity contribution in [2.45, 2.75) is 19.5 Å². The third-order valence-corrected chi connectivity index (χ3v) is 4.65. The Bertz CT molecular complexity index is 848. The number of carbonyl (C=O) groups excluding carboxylic acids is 2. The highest BCUT2D eigenvalue weighted by atomic mass is 19.4. The molecule has 1 aromatic carbocycles. The Morgan fingerprint density at radius 1 is 1.03 bits per heavy atom. The third kappa shape index (κ3) is 7.95. The monoisotopic (exact) mass is 440 g/mol. The van der Waals surface area contributed by atoms with Gasteiger partial charge in [0.05, 0.1) is 19.4 Å². The predicted molar refractivity (Wildman–Crippen MR) is 104 cm³/mol. The van der Waals surface area contributed by atoms with E-state index in [1.807, 2.05) is 4.90 Å². The minimum absolute atomic E-state index is 0.103.